The van der Waals surface area contributed by atoms with Crippen LogP contribution in [0.25, 0.3) is 11.0 Å². The third kappa shape index (κ3) is 4.36. The van der Waals surface area contributed by atoms with Gasteiger partial charge in [-0.3, -0.25) is 14.4 Å². The monoisotopic (exact) mass is 467 g/mol. The number of carbonyl (C=O) groups is 3. The Balaban J connectivity index is 1.31. The Bertz CT molecular complexity index is 1520. The van der Waals surface area contributed by atoms with Crippen molar-refractivity contribution in [3.8, 4) is 11.8 Å². The molecule has 172 valence electrons. The van der Waals surface area contributed by atoms with Gasteiger partial charge in [0.15, 0.2) is 12.3 Å². The molecule has 2 aromatic heterocycles. The molecule has 3 heterocycles. The van der Waals surface area contributed by atoms with E-state index >= 15 is 0 Å². The van der Waals surface area contributed by atoms with Gasteiger partial charge in [0.25, 0.3) is 17.7 Å². The molecular formula is C24H17N7O4. The lowest BCUT2D eigenvalue weighted by atomic mass is 10.1. The fraction of sp³-hybridized carbons (Fsp3) is 0.0833. The van der Waals surface area contributed by atoms with Crippen LogP contribution < -0.4 is 20.7 Å². The molecule has 0 saturated heterocycles. The van der Waals surface area contributed by atoms with Crippen molar-refractivity contribution in [3.63, 3.8) is 0 Å². The standard InChI is InChI=1S/C24H17N7O4/c25-8-13-1-4-15(5-2-13)23(33)31-17-10-26-21-20(17)28-12-29-22(21)24(34)27-9-14-3-6-18-16(7-14)30-19(32)11-35-18/h1-7,10,12,26H,9,11H2,(H,27,34)(H,30,32)(H,31,33). The molecule has 0 unspecified atom stereocenters. The number of hydrogen-bond donors (Lipinski definition) is 4. The summed E-state index contributed by atoms with van der Waals surface area (Å²) >= 11 is 0. The first-order valence-corrected chi connectivity index (χ1v) is 10.5. The van der Waals surface area contributed by atoms with Gasteiger partial charge >= 0.3 is 0 Å². The maximum absolute atomic E-state index is 12.9. The number of carbonyl (C=O) groups excluding carboxylic acids is 3. The molecule has 0 spiro atoms. The van der Waals surface area contributed by atoms with Crippen LogP contribution in [0.1, 0.15) is 32.0 Å². The molecule has 35 heavy (non-hydrogen) atoms. The number of nitriles is 1. The number of amides is 3. The normalized spacial score (nSPS) is 12.1. The van der Waals surface area contributed by atoms with Crippen LogP contribution in [-0.2, 0) is 11.3 Å². The summed E-state index contributed by atoms with van der Waals surface area (Å²) in [7, 11) is 0. The first kappa shape index (κ1) is 21.6. The van der Waals surface area contributed by atoms with Gasteiger partial charge in [0, 0.05) is 18.3 Å². The molecule has 0 saturated carbocycles. The van der Waals surface area contributed by atoms with Gasteiger partial charge in [-0.15, -0.1) is 0 Å². The van der Waals surface area contributed by atoms with E-state index in [1.807, 2.05) is 6.07 Å². The molecule has 0 fully saturated rings. The molecule has 0 aliphatic carbocycles. The Morgan fingerprint density at radius 1 is 1.11 bits per heavy atom. The molecule has 0 atom stereocenters. The van der Waals surface area contributed by atoms with Crippen molar-refractivity contribution in [1.82, 2.24) is 20.3 Å². The highest BCUT2D eigenvalue weighted by Crippen LogP contribution is 2.28. The number of H-pyrrole nitrogens is 1. The van der Waals surface area contributed by atoms with Crippen molar-refractivity contribution in [2.45, 2.75) is 6.54 Å². The summed E-state index contributed by atoms with van der Waals surface area (Å²) in [6.07, 6.45) is 2.78. The first-order valence-electron chi connectivity index (χ1n) is 10.5. The number of benzene rings is 2. The van der Waals surface area contributed by atoms with E-state index in [0.717, 1.165) is 5.56 Å². The van der Waals surface area contributed by atoms with Crippen LogP contribution in [-0.4, -0.2) is 39.3 Å². The van der Waals surface area contributed by atoms with E-state index in [1.54, 1.807) is 42.5 Å². The number of hydrogen-bond acceptors (Lipinski definition) is 7. The zero-order chi connectivity index (χ0) is 24.4. The van der Waals surface area contributed by atoms with E-state index in [4.69, 9.17) is 10.00 Å². The molecule has 5 rings (SSSR count). The number of anilines is 2. The third-order valence-corrected chi connectivity index (χ3v) is 5.33. The highest BCUT2D eigenvalue weighted by Gasteiger charge is 2.19. The van der Waals surface area contributed by atoms with Gasteiger partial charge < -0.3 is 25.7 Å². The molecule has 2 aromatic carbocycles. The molecule has 1 aliphatic rings. The molecule has 4 N–H and O–H groups in total. The lowest BCUT2D eigenvalue weighted by Crippen LogP contribution is -2.26. The maximum atomic E-state index is 12.9. The number of nitrogens with one attached hydrogen (secondary N) is 4. The highest BCUT2D eigenvalue weighted by atomic mass is 16.5. The Hall–Kier alpha value is -5.24. The van der Waals surface area contributed by atoms with Gasteiger partial charge in [-0.1, -0.05) is 6.07 Å². The quantitative estimate of drug-likeness (QED) is 0.350. The number of ether oxygens (including phenoxy) is 1. The van der Waals surface area contributed by atoms with Gasteiger partial charge in [0.2, 0.25) is 0 Å². The number of nitrogens with zero attached hydrogens (tertiary/aromatic N) is 3. The fourth-order valence-corrected chi connectivity index (χ4v) is 3.60. The maximum Gasteiger partial charge on any atom is 0.272 e. The van der Waals surface area contributed by atoms with Crippen LogP contribution >= 0.6 is 0 Å². The van der Waals surface area contributed by atoms with Crippen LogP contribution in [0.5, 0.6) is 5.75 Å². The van der Waals surface area contributed by atoms with Crippen molar-refractivity contribution >= 4 is 40.1 Å². The minimum absolute atomic E-state index is 0.0289. The SMILES string of the molecule is N#Cc1ccc(C(=O)Nc2c[nH]c3c(C(=O)NCc4ccc5c(c4)NC(=O)CO5)ncnc23)cc1. The Morgan fingerprint density at radius 3 is 2.74 bits per heavy atom. The van der Waals surface area contributed by atoms with Crippen LogP contribution in [0.4, 0.5) is 11.4 Å². The summed E-state index contributed by atoms with van der Waals surface area (Å²) in [5.74, 6) is -0.499. The average Bonchev–Trinajstić information content (AvgIpc) is 3.29. The van der Waals surface area contributed by atoms with E-state index in [1.165, 1.54) is 12.5 Å². The van der Waals surface area contributed by atoms with Gasteiger partial charge in [-0.2, -0.15) is 5.26 Å². The second-order valence-corrected chi connectivity index (χ2v) is 7.64. The topological polar surface area (TPSA) is 162 Å². The molecular weight excluding hydrogens is 450 g/mol. The minimum Gasteiger partial charge on any atom is -0.482 e. The summed E-state index contributed by atoms with van der Waals surface area (Å²) in [6.45, 7) is 0.162. The second kappa shape index (κ2) is 8.95. The van der Waals surface area contributed by atoms with E-state index in [0.29, 0.717) is 39.3 Å². The number of rotatable bonds is 5. The van der Waals surface area contributed by atoms with Gasteiger partial charge in [0.05, 0.1) is 28.5 Å². The van der Waals surface area contributed by atoms with Crippen LogP contribution in [0.2, 0.25) is 0 Å². The average molecular weight is 467 g/mol. The first-order chi connectivity index (χ1) is 17.0. The zero-order valence-electron chi connectivity index (χ0n) is 18.1. The number of aromatic amines is 1. The van der Waals surface area contributed by atoms with Crippen molar-refractivity contribution < 1.29 is 19.1 Å². The summed E-state index contributed by atoms with van der Waals surface area (Å²) < 4.78 is 5.34. The van der Waals surface area contributed by atoms with E-state index in [-0.39, 0.29) is 30.7 Å². The fourth-order valence-electron chi connectivity index (χ4n) is 3.60. The Labute approximate surface area is 198 Å². The van der Waals surface area contributed by atoms with Crippen LogP contribution in [0.15, 0.2) is 55.0 Å². The third-order valence-electron chi connectivity index (χ3n) is 5.33. The summed E-state index contributed by atoms with van der Waals surface area (Å²) in [5.41, 5.74) is 3.37. The molecule has 0 radical (unpaired) electrons. The molecule has 0 bridgehead atoms. The van der Waals surface area contributed by atoms with Crippen molar-refractivity contribution in [3.05, 3.63) is 77.4 Å². The van der Waals surface area contributed by atoms with Crippen molar-refractivity contribution in [1.29, 1.82) is 5.26 Å². The van der Waals surface area contributed by atoms with Crippen molar-refractivity contribution in [2.24, 2.45) is 0 Å². The predicted molar refractivity (Wildman–Crippen MR) is 125 cm³/mol. The number of fused-ring (bicyclic) bond motifs is 2. The zero-order valence-corrected chi connectivity index (χ0v) is 18.1. The second-order valence-electron chi connectivity index (χ2n) is 7.64. The largest absolute Gasteiger partial charge is 0.482 e. The smallest absolute Gasteiger partial charge is 0.272 e. The highest BCUT2D eigenvalue weighted by molar-refractivity contribution is 6.11. The van der Waals surface area contributed by atoms with Crippen LogP contribution in [0.3, 0.4) is 0 Å². The number of aromatic nitrogens is 3. The van der Waals surface area contributed by atoms with E-state index in [2.05, 4.69) is 30.9 Å². The Kier molecular flexibility index (Phi) is 5.52. The molecule has 3 amide bonds. The lowest BCUT2D eigenvalue weighted by molar-refractivity contribution is -0.118. The molecule has 11 heteroatoms. The minimum atomic E-state index is -0.442. The van der Waals surface area contributed by atoms with E-state index < -0.39 is 5.91 Å². The lowest BCUT2D eigenvalue weighted by Gasteiger charge is -2.18. The predicted octanol–water partition coefficient (Wildman–Crippen LogP) is 2.34. The molecule has 1 aliphatic heterocycles. The summed E-state index contributed by atoms with van der Waals surface area (Å²) in [6, 6.07) is 13.5. The van der Waals surface area contributed by atoms with Gasteiger partial charge in [-0.05, 0) is 42.0 Å². The summed E-state index contributed by atoms with van der Waals surface area (Å²) in [5, 5.41) is 17.2. The molecule has 4 aromatic rings. The Morgan fingerprint density at radius 2 is 1.94 bits per heavy atom. The summed E-state index contributed by atoms with van der Waals surface area (Å²) in [4.78, 5) is 48.2. The van der Waals surface area contributed by atoms with Gasteiger partial charge in [0.1, 0.15) is 17.6 Å². The van der Waals surface area contributed by atoms with Crippen molar-refractivity contribution in [2.75, 3.05) is 17.2 Å². The molecule has 11 nitrogen and oxygen atoms in total. The van der Waals surface area contributed by atoms with Gasteiger partial charge in [-0.25, -0.2) is 9.97 Å². The van der Waals surface area contributed by atoms with E-state index in [9.17, 15) is 14.4 Å². The van der Waals surface area contributed by atoms with Crippen LogP contribution in [0, 0.1) is 11.3 Å².